The Morgan fingerprint density at radius 2 is 1.81 bits per heavy atom. The minimum absolute atomic E-state index is 0.0910. The molecule has 1 saturated carbocycles. The lowest BCUT2D eigenvalue weighted by Gasteiger charge is -2.60. The Morgan fingerprint density at radius 1 is 1.02 bits per heavy atom. The molecule has 6 atom stereocenters. The summed E-state index contributed by atoms with van der Waals surface area (Å²) < 4.78 is 32.2. The number of unbranched alkanes of at least 4 members (excludes halogenated alkanes) is 2. The monoisotopic (exact) mass is 809 g/mol. The largest absolute Gasteiger partial charge is 0.487 e. The Morgan fingerprint density at radius 3 is 2.58 bits per heavy atom. The first-order valence-corrected chi connectivity index (χ1v) is 21.3. The number of amides is 1. The molecule has 1 fully saturated rings. The van der Waals surface area contributed by atoms with Gasteiger partial charge in [0.1, 0.15) is 30.8 Å². The Balaban J connectivity index is 1.41. The highest BCUT2D eigenvalue weighted by Gasteiger charge is 2.65. The molecule has 1 aromatic heterocycles. The van der Waals surface area contributed by atoms with Crippen LogP contribution in [0.3, 0.4) is 0 Å². The molecule has 0 radical (unpaired) electrons. The van der Waals surface area contributed by atoms with Gasteiger partial charge in [0.25, 0.3) is 5.91 Å². The van der Waals surface area contributed by atoms with Gasteiger partial charge in [0, 0.05) is 48.9 Å². The van der Waals surface area contributed by atoms with Gasteiger partial charge in [-0.2, -0.15) is 0 Å². The highest BCUT2D eigenvalue weighted by Crippen LogP contribution is 2.62. The lowest BCUT2D eigenvalue weighted by molar-refractivity contribution is -0.254. The van der Waals surface area contributed by atoms with Crippen molar-refractivity contribution in [1.29, 1.82) is 0 Å². The van der Waals surface area contributed by atoms with Crippen LogP contribution in [-0.2, 0) is 16.2 Å². The lowest BCUT2D eigenvalue weighted by atomic mass is 9.55. The van der Waals surface area contributed by atoms with E-state index in [0.29, 0.717) is 74.0 Å². The number of rotatable bonds is 20. The zero-order valence-corrected chi connectivity index (χ0v) is 34.6. The fourth-order valence-electron chi connectivity index (χ4n) is 9.55. The number of benzene rings is 2. The summed E-state index contributed by atoms with van der Waals surface area (Å²) in [6, 6.07) is 16.6. The average Bonchev–Trinajstić information content (AvgIpc) is 3.73. The van der Waals surface area contributed by atoms with Crippen molar-refractivity contribution in [2.75, 3.05) is 39.8 Å². The summed E-state index contributed by atoms with van der Waals surface area (Å²) in [4.78, 5) is 27.4. The highest BCUT2D eigenvalue weighted by atomic mass is 16.7. The number of carbonyl (C=O) groups excluding carboxylic acids is 1. The number of allylic oxidation sites excluding steroid dienone is 1. The summed E-state index contributed by atoms with van der Waals surface area (Å²) in [6.07, 6.45) is 9.83. The molecule has 59 heavy (non-hydrogen) atoms. The van der Waals surface area contributed by atoms with Crippen molar-refractivity contribution in [3.05, 3.63) is 101 Å². The summed E-state index contributed by atoms with van der Waals surface area (Å²) in [6.45, 7) is 11.6. The smallest absolute Gasteiger partial charge is 0.254 e. The number of ether oxygens (including phenoxy) is 5. The van der Waals surface area contributed by atoms with Crippen molar-refractivity contribution < 1.29 is 43.5 Å². The topological polar surface area (TPSA) is 141 Å². The Bertz CT molecular complexity index is 2000. The fraction of sp³-hybridized carbons (Fsp3) is 0.511. The number of fused-ring (bicyclic) bond motifs is 3. The van der Waals surface area contributed by atoms with Crippen molar-refractivity contribution in [1.82, 2.24) is 9.88 Å². The molecule has 0 spiro atoms. The molecule has 0 bridgehead atoms. The second kappa shape index (κ2) is 19.4. The molecular formula is C47H59N3O9. The molecule has 12 nitrogen and oxygen atoms in total. The molecule has 0 saturated heterocycles. The van der Waals surface area contributed by atoms with Crippen LogP contribution < -0.4 is 18.9 Å². The van der Waals surface area contributed by atoms with Gasteiger partial charge in [-0.15, -0.1) is 6.58 Å². The number of aryl methyl sites for hydroxylation is 1. The maximum atomic E-state index is 15.0. The molecule has 2 aromatic carbocycles. The molecule has 12 heteroatoms. The Labute approximate surface area is 347 Å². The SMILES string of the molecule is C=CCOC12Oc3ccc(OCc4cccc(C)n4)cc3C3C(CCCCO)C(CCCCO)C=C(C(=NOCC)CC1N(CCC)C(=O)c1ccc4c(c1)OCO4)C32. The molecule has 4 aliphatic rings. The predicted octanol–water partition coefficient (Wildman–Crippen LogP) is 7.90. The van der Waals surface area contributed by atoms with Crippen LogP contribution in [0.2, 0.25) is 0 Å². The number of oxime groups is 1. The number of aliphatic hydroxyl groups is 2. The van der Waals surface area contributed by atoms with Crippen LogP contribution in [0, 0.1) is 24.7 Å². The van der Waals surface area contributed by atoms with Gasteiger partial charge in [-0.1, -0.05) is 43.1 Å². The van der Waals surface area contributed by atoms with E-state index in [1.54, 1.807) is 24.3 Å². The number of nitrogens with zero attached hydrogens (tertiary/aromatic N) is 3. The van der Waals surface area contributed by atoms with Gasteiger partial charge in [-0.05, 0) is 112 Å². The normalized spacial score (nSPS) is 24.4. The van der Waals surface area contributed by atoms with E-state index in [2.05, 4.69) is 30.6 Å². The number of carbonyl (C=O) groups is 1. The van der Waals surface area contributed by atoms with Gasteiger partial charge < -0.3 is 43.6 Å². The predicted molar refractivity (Wildman–Crippen MR) is 224 cm³/mol. The molecule has 316 valence electrons. The van der Waals surface area contributed by atoms with Crippen molar-refractivity contribution in [3.8, 4) is 23.0 Å². The van der Waals surface area contributed by atoms with E-state index >= 15 is 0 Å². The number of aromatic nitrogens is 1. The average molecular weight is 810 g/mol. The van der Waals surface area contributed by atoms with E-state index in [1.165, 1.54) is 0 Å². The standard InChI is InChI=1S/C47H59N3O9/c1-5-21-50(46(53)33-17-19-41-42(26-33)56-30-55-41)43-28-39(49-58-7-3)37-25-32(14-8-10-22-51)36(16-9-11-23-52)44-38-27-35(54-29-34-15-12-13-31(4)48-34)18-20-40(38)59-47(43,45(37)44)57-24-6-2/h6,12-13,15,17-20,25-27,32,36,43-45,51-52H,2,5,7-11,14,16,21-24,28-30H2,1,3-4H3. The molecule has 3 heterocycles. The number of hydrogen-bond acceptors (Lipinski definition) is 11. The minimum atomic E-state index is -1.36. The Kier molecular flexibility index (Phi) is 13.9. The van der Waals surface area contributed by atoms with Crippen LogP contribution in [0.4, 0.5) is 0 Å². The molecular weight excluding hydrogens is 751 g/mol. The van der Waals surface area contributed by atoms with Gasteiger partial charge in [0.15, 0.2) is 11.5 Å². The summed E-state index contributed by atoms with van der Waals surface area (Å²) in [5.41, 5.74) is 4.97. The lowest BCUT2D eigenvalue weighted by Crippen LogP contribution is -2.70. The molecule has 7 rings (SSSR count). The van der Waals surface area contributed by atoms with E-state index in [1.807, 2.05) is 49.1 Å². The summed E-state index contributed by atoms with van der Waals surface area (Å²) in [5, 5.41) is 24.6. The zero-order chi connectivity index (χ0) is 41.4. The first kappa shape index (κ1) is 42.2. The molecule has 2 aliphatic heterocycles. The van der Waals surface area contributed by atoms with Crippen LogP contribution in [0.15, 0.2) is 84.1 Å². The maximum absolute atomic E-state index is 15.0. The first-order valence-electron chi connectivity index (χ1n) is 21.3. The van der Waals surface area contributed by atoms with Crippen LogP contribution in [0.25, 0.3) is 0 Å². The van der Waals surface area contributed by atoms with E-state index in [-0.39, 0.29) is 50.3 Å². The third kappa shape index (κ3) is 8.86. The van der Waals surface area contributed by atoms with Crippen molar-refractivity contribution >= 4 is 11.6 Å². The highest BCUT2D eigenvalue weighted by molar-refractivity contribution is 6.03. The second-order valence-corrected chi connectivity index (χ2v) is 15.8. The maximum Gasteiger partial charge on any atom is 0.254 e. The molecule has 2 N–H and O–H groups in total. The van der Waals surface area contributed by atoms with Crippen LogP contribution in [0.1, 0.15) is 98.4 Å². The third-order valence-electron chi connectivity index (χ3n) is 12.0. The third-order valence-corrected chi connectivity index (χ3v) is 12.0. The van der Waals surface area contributed by atoms with Gasteiger partial charge in [-0.3, -0.25) is 9.78 Å². The molecule has 3 aromatic rings. The summed E-state index contributed by atoms with van der Waals surface area (Å²) >= 11 is 0. The van der Waals surface area contributed by atoms with Crippen molar-refractivity contribution in [2.24, 2.45) is 22.9 Å². The van der Waals surface area contributed by atoms with Crippen LogP contribution in [-0.4, -0.2) is 83.3 Å². The fourth-order valence-corrected chi connectivity index (χ4v) is 9.55. The number of pyridine rings is 1. The van der Waals surface area contributed by atoms with Gasteiger partial charge in [0.05, 0.1) is 23.9 Å². The van der Waals surface area contributed by atoms with Gasteiger partial charge in [-0.25, -0.2) is 0 Å². The first-order chi connectivity index (χ1) is 28.8. The van der Waals surface area contributed by atoms with Gasteiger partial charge in [0.2, 0.25) is 12.6 Å². The van der Waals surface area contributed by atoms with Gasteiger partial charge >= 0.3 is 0 Å². The minimum Gasteiger partial charge on any atom is -0.487 e. The quantitative estimate of drug-likeness (QED) is 0.0658. The van der Waals surface area contributed by atoms with E-state index in [9.17, 15) is 15.0 Å². The van der Waals surface area contributed by atoms with E-state index in [0.717, 1.165) is 53.9 Å². The molecule has 6 unspecified atom stereocenters. The van der Waals surface area contributed by atoms with Crippen molar-refractivity contribution in [3.63, 3.8) is 0 Å². The Hall–Kier alpha value is -4.91. The number of aliphatic hydroxyl groups excluding tert-OH is 2. The zero-order valence-electron chi connectivity index (χ0n) is 34.6. The molecule has 2 aliphatic carbocycles. The van der Waals surface area contributed by atoms with E-state index in [4.69, 9.17) is 33.7 Å². The summed E-state index contributed by atoms with van der Waals surface area (Å²) in [5.74, 6) is 0.574. The second-order valence-electron chi connectivity index (χ2n) is 15.8. The van der Waals surface area contributed by atoms with Crippen molar-refractivity contribution in [2.45, 2.75) is 96.5 Å². The molecule has 1 amide bonds. The van der Waals surface area contributed by atoms with Crippen LogP contribution in [0.5, 0.6) is 23.0 Å². The summed E-state index contributed by atoms with van der Waals surface area (Å²) in [7, 11) is 0. The number of hydrogen-bond donors (Lipinski definition) is 2. The van der Waals surface area contributed by atoms with E-state index < -0.39 is 17.7 Å². The van der Waals surface area contributed by atoms with Crippen LogP contribution >= 0.6 is 0 Å².